The van der Waals surface area contributed by atoms with Gasteiger partial charge in [-0.05, 0) is 35.0 Å². The summed E-state index contributed by atoms with van der Waals surface area (Å²) in [4.78, 5) is 1.24. The zero-order valence-electron chi connectivity index (χ0n) is 7.45. The molecular formula is C11H9NOS. The zero-order chi connectivity index (χ0) is 9.54. The Morgan fingerprint density at radius 2 is 2.14 bits per heavy atom. The first-order valence-corrected chi connectivity index (χ1v) is 5.30. The molecule has 0 spiro atoms. The second kappa shape index (κ2) is 2.90. The number of benzene rings is 2. The van der Waals surface area contributed by atoms with E-state index in [9.17, 15) is 5.11 Å². The van der Waals surface area contributed by atoms with Gasteiger partial charge in [0.25, 0.3) is 0 Å². The Bertz CT molecular complexity index is 500. The summed E-state index contributed by atoms with van der Waals surface area (Å²) in [5.74, 6) is 0. The molecule has 70 valence electrons. The molecule has 3 rings (SSSR count). The summed E-state index contributed by atoms with van der Waals surface area (Å²) in [6.45, 7) is 0.102. The van der Waals surface area contributed by atoms with E-state index in [0.29, 0.717) is 0 Å². The van der Waals surface area contributed by atoms with Crippen molar-refractivity contribution in [2.24, 2.45) is 0 Å². The summed E-state index contributed by atoms with van der Waals surface area (Å²) >= 11 is 1.63. The maximum Gasteiger partial charge on any atom is 0.0687 e. The van der Waals surface area contributed by atoms with Gasteiger partial charge in [-0.3, -0.25) is 0 Å². The van der Waals surface area contributed by atoms with Gasteiger partial charge < -0.3 is 9.83 Å². The van der Waals surface area contributed by atoms with Crippen molar-refractivity contribution in [3.63, 3.8) is 0 Å². The van der Waals surface area contributed by atoms with Crippen LogP contribution in [0.2, 0.25) is 0 Å². The van der Waals surface area contributed by atoms with E-state index in [4.69, 9.17) is 0 Å². The summed E-state index contributed by atoms with van der Waals surface area (Å²) in [6, 6.07) is 10.2. The molecule has 3 heteroatoms. The molecule has 0 saturated heterocycles. The van der Waals surface area contributed by atoms with E-state index in [2.05, 4.69) is 22.9 Å². The molecule has 2 N–H and O–H groups in total. The number of hydrogen-bond donors (Lipinski definition) is 2. The van der Waals surface area contributed by atoms with Gasteiger partial charge in [0.05, 0.1) is 12.3 Å². The van der Waals surface area contributed by atoms with Crippen LogP contribution < -0.4 is 4.72 Å². The van der Waals surface area contributed by atoms with E-state index < -0.39 is 0 Å². The summed E-state index contributed by atoms with van der Waals surface area (Å²) in [5.41, 5.74) is 2.15. The van der Waals surface area contributed by atoms with Crippen molar-refractivity contribution >= 4 is 28.4 Å². The van der Waals surface area contributed by atoms with Gasteiger partial charge in [0, 0.05) is 10.3 Å². The number of aliphatic hydroxyl groups is 1. The molecule has 0 atom stereocenters. The van der Waals surface area contributed by atoms with Crippen molar-refractivity contribution in [1.29, 1.82) is 0 Å². The molecule has 0 aliphatic carbocycles. The number of nitrogens with one attached hydrogen (secondary N) is 1. The third-order valence-corrected chi connectivity index (χ3v) is 3.42. The van der Waals surface area contributed by atoms with Crippen LogP contribution >= 0.6 is 11.9 Å². The fourth-order valence-electron chi connectivity index (χ4n) is 1.85. The van der Waals surface area contributed by atoms with Gasteiger partial charge in [0.15, 0.2) is 0 Å². The van der Waals surface area contributed by atoms with Crippen LogP contribution in [-0.4, -0.2) is 5.11 Å². The largest absolute Gasteiger partial charge is 0.392 e. The van der Waals surface area contributed by atoms with Gasteiger partial charge in [-0.2, -0.15) is 0 Å². The lowest BCUT2D eigenvalue weighted by atomic mass is 10.0. The van der Waals surface area contributed by atoms with Crippen LogP contribution in [0.15, 0.2) is 35.2 Å². The molecule has 0 radical (unpaired) electrons. The maximum absolute atomic E-state index is 9.21. The predicted molar refractivity (Wildman–Crippen MR) is 59.4 cm³/mol. The van der Waals surface area contributed by atoms with E-state index in [1.54, 1.807) is 11.9 Å². The maximum atomic E-state index is 9.21. The monoisotopic (exact) mass is 203 g/mol. The smallest absolute Gasteiger partial charge is 0.0687 e. The van der Waals surface area contributed by atoms with E-state index in [-0.39, 0.29) is 6.61 Å². The van der Waals surface area contributed by atoms with Crippen LogP contribution in [0.4, 0.5) is 5.69 Å². The number of anilines is 1. The molecular weight excluding hydrogens is 194 g/mol. The van der Waals surface area contributed by atoms with Gasteiger partial charge in [-0.25, -0.2) is 0 Å². The van der Waals surface area contributed by atoms with Crippen LogP contribution in [0.25, 0.3) is 10.8 Å². The molecule has 0 unspecified atom stereocenters. The minimum atomic E-state index is 0.102. The first-order valence-electron chi connectivity index (χ1n) is 4.48. The summed E-state index contributed by atoms with van der Waals surface area (Å²) in [5, 5.41) is 11.6. The van der Waals surface area contributed by atoms with E-state index >= 15 is 0 Å². The lowest BCUT2D eigenvalue weighted by Gasteiger charge is -2.04. The Morgan fingerprint density at radius 3 is 3.00 bits per heavy atom. The molecule has 0 bridgehead atoms. The molecule has 1 heterocycles. The van der Waals surface area contributed by atoms with Crippen molar-refractivity contribution in [3.8, 4) is 0 Å². The fourth-order valence-corrected chi connectivity index (χ4v) is 2.70. The Balaban J connectivity index is 2.48. The Labute approximate surface area is 86.1 Å². The molecule has 0 aromatic heterocycles. The molecule has 0 fully saturated rings. The first-order chi connectivity index (χ1) is 6.90. The number of rotatable bonds is 1. The highest BCUT2D eigenvalue weighted by molar-refractivity contribution is 8.01. The normalized spacial score (nSPS) is 13.2. The molecule has 2 aromatic carbocycles. The molecule has 2 nitrogen and oxygen atoms in total. The summed E-state index contributed by atoms with van der Waals surface area (Å²) in [6.07, 6.45) is 0. The van der Waals surface area contributed by atoms with Crippen LogP contribution in [0.5, 0.6) is 0 Å². The third kappa shape index (κ3) is 0.966. The minimum absolute atomic E-state index is 0.102. The van der Waals surface area contributed by atoms with Crippen molar-refractivity contribution < 1.29 is 5.11 Å². The molecule has 0 saturated carbocycles. The van der Waals surface area contributed by atoms with Crippen molar-refractivity contribution in [1.82, 2.24) is 0 Å². The van der Waals surface area contributed by atoms with Crippen molar-refractivity contribution in [2.45, 2.75) is 11.5 Å². The molecule has 2 aromatic rings. The van der Waals surface area contributed by atoms with Crippen LogP contribution in [0, 0.1) is 0 Å². The Morgan fingerprint density at radius 1 is 1.21 bits per heavy atom. The number of aliphatic hydroxyl groups excluding tert-OH is 1. The van der Waals surface area contributed by atoms with Crippen molar-refractivity contribution in [2.75, 3.05) is 4.72 Å². The highest BCUT2D eigenvalue weighted by Crippen LogP contribution is 2.41. The first kappa shape index (κ1) is 8.15. The van der Waals surface area contributed by atoms with Crippen LogP contribution in [-0.2, 0) is 6.61 Å². The molecule has 14 heavy (non-hydrogen) atoms. The summed E-state index contributed by atoms with van der Waals surface area (Å²) in [7, 11) is 0. The highest BCUT2D eigenvalue weighted by atomic mass is 32.2. The van der Waals surface area contributed by atoms with Crippen LogP contribution in [0.1, 0.15) is 5.56 Å². The van der Waals surface area contributed by atoms with Gasteiger partial charge in [0.1, 0.15) is 0 Å². The van der Waals surface area contributed by atoms with Gasteiger partial charge in [-0.1, -0.05) is 18.2 Å². The quantitative estimate of drug-likeness (QED) is 0.699. The Kier molecular flexibility index (Phi) is 1.69. The average molecular weight is 203 g/mol. The van der Waals surface area contributed by atoms with Gasteiger partial charge in [-0.15, -0.1) is 0 Å². The SMILES string of the molecule is OCc1ccc2c3c(cccc13)NS2. The lowest BCUT2D eigenvalue weighted by molar-refractivity contribution is 0.283. The van der Waals surface area contributed by atoms with Crippen molar-refractivity contribution in [3.05, 3.63) is 35.9 Å². The predicted octanol–water partition coefficient (Wildman–Crippen LogP) is 2.76. The summed E-state index contributed by atoms with van der Waals surface area (Å²) < 4.78 is 3.26. The van der Waals surface area contributed by atoms with E-state index in [0.717, 1.165) is 16.6 Å². The Hall–Kier alpha value is -1.19. The van der Waals surface area contributed by atoms with Gasteiger partial charge in [0.2, 0.25) is 0 Å². The molecule has 1 aliphatic rings. The molecule has 1 aliphatic heterocycles. The number of hydrogen-bond acceptors (Lipinski definition) is 3. The standard InChI is InChI=1S/C11H9NOS/c13-6-7-4-5-10-11-8(7)2-1-3-9(11)12-14-10/h1-5,12-13H,6H2. The second-order valence-corrected chi connectivity index (χ2v) is 4.16. The van der Waals surface area contributed by atoms with Crippen LogP contribution in [0.3, 0.4) is 0 Å². The van der Waals surface area contributed by atoms with E-state index in [1.165, 1.54) is 10.3 Å². The lowest BCUT2D eigenvalue weighted by Crippen LogP contribution is -1.85. The van der Waals surface area contributed by atoms with E-state index in [1.807, 2.05) is 12.1 Å². The molecule has 0 amide bonds. The topological polar surface area (TPSA) is 32.3 Å². The second-order valence-electron chi connectivity index (χ2n) is 3.31. The zero-order valence-corrected chi connectivity index (χ0v) is 8.27. The van der Waals surface area contributed by atoms with Gasteiger partial charge >= 0.3 is 0 Å². The average Bonchev–Trinajstić information content (AvgIpc) is 2.65. The minimum Gasteiger partial charge on any atom is -0.392 e. The fraction of sp³-hybridized carbons (Fsp3) is 0.0909. The highest BCUT2D eigenvalue weighted by Gasteiger charge is 2.15. The third-order valence-electron chi connectivity index (χ3n) is 2.53.